The van der Waals surface area contributed by atoms with Crippen molar-refractivity contribution in [3.05, 3.63) is 77.6 Å². The molecule has 3 N–H and O–H groups in total. The van der Waals surface area contributed by atoms with Crippen molar-refractivity contribution in [2.45, 2.75) is 32.5 Å². The number of urea groups is 1. The van der Waals surface area contributed by atoms with Crippen LogP contribution in [0.2, 0.25) is 0 Å². The number of anilines is 2. The first-order valence-electron chi connectivity index (χ1n) is 13.8. The van der Waals surface area contributed by atoms with Gasteiger partial charge in [0.25, 0.3) is 5.91 Å². The van der Waals surface area contributed by atoms with Crippen LogP contribution in [0.15, 0.2) is 60.7 Å². The van der Waals surface area contributed by atoms with Gasteiger partial charge in [-0.3, -0.25) is 9.69 Å². The lowest BCUT2D eigenvalue weighted by Gasteiger charge is -2.38. The molecule has 0 unspecified atom stereocenters. The summed E-state index contributed by atoms with van der Waals surface area (Å²) in [5.74, 6) is 1.11. The molecule has 0 aliphatic carbocycles. The number of halogens is 1. The van der Waals surface area contributed by atoms with Crippen LogP contribution in [0.3, 0.4) is 0 Å². The number of aliphatic hydroxyl groups excluding tert-OH is 1. The Kier molecular flexibility index (Phi) is 8.79. The van der Waals surface area contributed by atoms with Gasteiger partial charge in [-0.15, -0.1) is 0 Å². The van der Waals surface area contributed by atoms with Gasteiger partial charge in [0.05, 0.1) is 18.2 Å². The summed E-state index contributed by atoms with van der Waals surface area (Å²) in [7, 11) is 2.01. The zero-order valence-corrected chi connectivity index (χ0v) is 23.8. The van der Waals surface area contributed by atoms with Crippen LogP contribution in [0.1, 0.15) is 29.8 Å². The van der Waals surface area contributed by atoms with Crippen molar-refractivity contribution in [1.82, 2.24) is 9.80 Å². The molecule has 42 heavy (non-hydrogen) atoms. The minimum atomic E-state index is -0.544. The number of nitrogens with one attached hydrogen (secondary N) is 2. The molecular formula is C31H35FN4O6. The molecule has 3 amide bonds. The molecule has 2 aliphatic heterocycles. The van der Waals surface area contributed by atoms with E-state index in [2.05, 4.69) is 15.5 Å². The molecule has 222 valence electrons. The van der Waals surface area contributed by atoms with Crippen LogP contribution in [-0.4, -0.2) is 72.5 Å². The summed E-state index contributed by atoms with van der Waals surface area (Å²) < 4.78 is 30.6. The Morgan fingerprint density at radius 1 is 1.05 bits per heavy atom. The van der Waals surface area contributed by atoms with Crippen molar-refractivity contribution in [2.24, 2.45) is 5.92 Å². The van der Waals surface area contributed by atoms with E-state index in [0.717, 1.165) is 17.1 Å². The normalized spacial score (nSPS) is 18.5. The summed E-state index contributed by atoms with van der Waals surface area (Å²) in [4.78, 5) is 30.1. The predicted octanol–water partition coefficient (Wildman–Crippen LogP) is 4.55. The van der Waals surface area contributed by atoms with Crippen LogP contribution in [0.4, 0.5) is 20.6 Å². The van der Waals surface area contributed by atoms with E-state index in [-0.39, 0.29) is 36.9 Å². The highest BCUT2D eigenvalue weighted by molar-refractivity contribution is 6.02. The van der Waals surface area contributed by atoms with Crippen molar-refractivity contribution in [2.75, 3.05) is 44.2 Å². The fraction of sp³-hybridized carbons (Fsp3) is 0.355. The van der Waals surface area contributed by atoms with E-state index in [0.29, 0.717) is 36.8 Å². The molecule has 0 bridgehead atoms. The van der Waals surface area contributed by atoms with Gasteiger partial charge in [-0.2, -0.15) is 0 Å². The molecule has 0 spiro atoms. The van der Waals surface area contributed by atoms with E-state index < -0.39 is 17.9 Å². The molecule has 2 aliphatic rings. The lowest BCUT2D eigenvalue weighted by molar-refractivity contribution is 0.0341. The first-order valence-corrected chi connectivity index (χ1v) is 13.8. The third kappa shape index (κ3) is 6.75. The highest BCUT2D eigenvalue weighted by atomic mass is 19.1. The summed E-state index contributed by atoms with van der Waals surface area (Å²) in [5, 5.41) is 15.3. The Morgan fingerprint density at radius 3 is 2.50 bits per heavy atom. The van der Waals surface area contributed by atoms with Crippen LogP contribution in [0, 0.1) is 11.7 Å². The zero-order valence-electron chi connectivity index (χ0n) is 23.8. The molecule has 0 radical (unpaired) electrons. The van der Waals surface area contributed by atoms with Gasteiger partial charge in [0, 0.05) is 36.9 Å². The van der Waals surface area contributed by atoms with Gasteiger partial charge in [0.1, 0.15) is 17.7 Å². The zero-order chi connectivity index (χ0) is 29.8. The van der Waals surface area contributed by atoms with Gasteiger partial charge in [0.15, 0.2) is 11.5 Å². The molecule has 2 heterocycles. The average molecular weight is 579 g/mol. The summed E-state index contributed by atoms with van der Waals surface area (Å²) in [6.07, 6.45) is -0.273. The highest BCUT2D eigenvalue weighted by Crippen LogP contribution is 2.34. The topological polar surface area (TPSA) is 113 Å². The Hall–Kier alpha value is -4.35. The van der Waals surface area contributed by atoms with Gasteiger partial charge < -0.3 is 34.9 Å². The third-order valence-corrected chi connectivity index (χ3v) is 7.41. The average Bonchev–Trinajstić information content (AvgIpc) is 3.44. The molecule has 0 aromatic heterocycles. The Bertz CT molecular complexity index is 1440. The largest absolute Gasteiger partial charge is 0.488 e. The van der Waals surface area contributed by atoms with Crippen molar-refractivity contribution in [3.8, 4) is 17.2 Å². The van der Waals surface area contributed by atoms with E-state index in [4.69, 9.17) is 14.2 Å². The number of carbonyl (C=O) groups is 2. The molecule has 0 saturated heterocycles. The van der Waals surface area contributed by atoms with Gasteiger partial charge in [0.2, 0.25) is 6.79 Å². The summed E-state index contributed by atoms with van der Waals surface area (Å²) >= 11 is 0. The molecule has 0 fully saturated rings. The van der Waals surface area contributed by atoms with Crippen molar-refractivity contribution in [3.63, 3.8) is 0 Å². The van der Waals surface area contributed by atoms with Crippen molar-refractivity contribution in [1.29, 1.82) is 0 Å². The fourth-order valence-electron chi connectivity index (χ4n) is 5.07. The van der Waals surface area contributed by atoms with Gasteiger partial charge in [-0.1, -0.05) is 13.0 Å². The molecule has 3 aromatic carbocycles. The summed E-state index contributed by atoms with van der Waals surface area (Å²) in [6.45, 7) is 5.46. The lowest BCUT2D eigenvalue weighted by atomic mass is 9.99. The van der Waals surface area contributed by atoms with Crippen LogP contribution in [-0.2, 0) is 6.54 Å². The van der Waals surface area contributed by atoms with Crippen molar-refractivity contribution < 1.29 is 33.3 Å². The number of hydrogen-bond acceptors (Lipinski definition) is 7. The Balaban J connectivity index is 1.34. The number of aliphatic hydroxyl groups is 1. The molecule has 11 heteroatoms. The van der Waals surface area contributed by atoms with Gasteiger partial charge in [-0.05, 0) is 74.1 Å². The Labute approximate surface area is 244 Å². The van der Waals surface area contributed by atoms with Gasteiger partial charge in [-0.25, -0.2) is 9.18 Å². The standard InChI is InChI=1S/C31H35FN4O6/c1-19-14-36(20(2)17-37)30(38)25-13-24(34-31(39)33-23-7-5-22(32)6-8-23)9-11-26(25)42-29(19)16-35(3)15-21-4-10-27-28(12-21)41-18-40-27/h4-13,19-20,29,37H,14-18H2,1-3H3,(H2,33,34,39)/t19-,20-,29+/m0/s1. The smallest absolute Gasteiger partial charge is 0.323 e. The summed E-state index contributed by atoms with van der Waals surface area (Å²) in [6, 6.07) is 15.2. The number of nitrogens with zero attached hydrogens (tertiary/aromatic N) is 2. The Morgan fingerprint density at radius 2 is 1.74 bits per heavy atom. The second kappa shape index (κ2) is 12.7. The maximum atomic E-state index is 13.7. The van der Waals surface area contributed by atoms with Gasteiger partial charge >= 0.3 is 6.03 Å². The number of fused-ring (bicyclic) bond motifs is 2. The SMILES string of the molecule is C[C@H]1CN([C@@H](C)CO)C(=O)c2cc(NC(=O)Nc3ccc(F)cc3)ccc2O[C@@H]1CN(C)Cc1ccc2c(c1)OCO2. The number of benzene rings is 3. The molecule has 3 aromatic rings. The molecule has 10 nitrogen and oxygen atoms in total. The van der Waals surface area contributed by atoms with Crippen LogP contribution < -0.4 is 24.8 Å². The first kappa shape index (κ1) is 29.2. The maximum Gasteiger partial charge on any atom is 0.323 e. The van der Waals surface area contributed by atoms with E-state index in [1.54, 1.807) is 30.0 Å². The maximum absolute atomic E-state index is 13.7. The van der Waals surface area contributed by atoms with E-state index in [1.807, 2.05) is 32.2 Å². The van der Waals surface area contributed by atoms with Crippen LogP contribution in [0.25, 0.3) is 0 Å². The number of ether oxygens (including phenoxy) is 3. The number of hydrogen-bond donors (Lipinski definition) is 3. The monoisotopic (exact) mass is 578 g/mol. The van der Waals surface area contributed by atoms with E-state index in [1.165, 1.54) is 24.3 Å². The highest BCUT2D eigenvalue weighted by Gasteiger charge is 2.33. The van der Waals surface area contributed by atoms with Crippen LogP contribution >= 0.6 is 0 Å². The number of rotatable bonds is 8. The molecule has 0 saturated carbocycles. The second-order valence-corrected chi connectivity index (χ2v) is 10.8. The molecular weight excluding hydrogens is 543 g/mol. The van der Waals surface area contributed by atoms with Crippen molar-refractivity contribution >= 4 is 23.3 Å². The minimum Gasteiger partial charge on any atom is -0.488 e. The minimum absolute atomic E-state index is 0.0467. The van der Waals surface area contributed by atoms with E-state index >= 15 is 0 Å². The van der Waals surface area contributed by atoms with E-state index in [9.17, 15) is 19.1 Å². The quantitative estimate of drug-likeness (QED) is 0.360. The molecule has 5 rings (SSSR count). The summed E-state index contributed by atoms with van der Waals surface area (Å²) in [5.41, 5.74) is 2.16. The lowest BCUT2D eigenvalue weighted by Crippen LogP contribution is -2.49. The third-order valence-electron chi connectivity index (χ3n) is 7.41. The number of likely N-dealkylation sites (N-methyl/N-ethyl adjacent to an activating group) is 1. The first-order chi connectivity index (χ1) is 20.2. The number of carbonyl (C=O) groups excluding carboxylic acids is 2. The second-order valence-electron chi connectivity index (χ2n) is 10.8. The predicted molar refractivity (Wildman–Crippen MR) is 156 cm³/mol. The van der Waals surface area contributed by atoms with Crippen LogP contribution in [0.5, 0.6) is 17.2 Å². The fourth-order valence-corrected chi connectivity index (χ4v) is 5.07. The number of amides is 3. The molecule has 3 atom stereocenters.